The van der Waals surface area contributed by atoms with E-state index in [4.69, 9.17) is 0 Å². The van der Waals surface area contributed by atoms with Gasteiger partial charge in [-0.15, -0.1) is 0 Å². The standard InChI is InChI=1S/C18H14I2/c19-17-10-9-15-14-6-5-11-3-1-2-4-12(11)13(14)7-8-16(15)18(17)20/h1,3,5,7-8,10H,2,4,6,9H2. The topological polar surface area (TPSA) is 0 Å². The highest BCUT2D eigenvalue weighted by molar-refractivity contribution is 14.1. The van der Waals surface area contributed by atoms with Crippen LogP contribution in [0.25, 0.3) is 9.15 Å². The first-order valence-corrected chi connectivity index (χ1v) is 9.18. The molecule has 100 valence electrons. The van der Waals surface area contributed by atoms with Crippen molar-refractivity contribution in [2.24, 2.45) is 0 Å². The van der Waals surface area contributed by atoms with Gasteiger partial charge in [-0.25, -0.2) is 0 Å². The second-order valence-corrected chi connectivity index (χ2v) is 7.71. The summed E-state index contributed by atoms with van der Waals surface area (Å²) in [5.74, 6) is 0. The SMILES string of the molecule is IC1=CCc2c3c(ccc2=C1I)=C1CCC=CC1=CC3. The van der Waals surface area contributed by atoms with E-state index in [1.807, 2.05) is 0 Å². The highest BCUT2D eigenvalue weighted by atomic mass is 127. The molecule has 1 aromatic rings. The summed E-state index contributed by atoms with van der Waals surface area (Å²) in [4.78, 5) is 0. The van der Waals surface area contributed by atoms with Crippen LogP contribution < -0.4 is 10.4 Å². The quantitative estimate of drug-likeness (QED) is 0.488. The van der Waals surface area contributed by atoms with Gasteiger partial charge in [0.25, 0.3) is 0 Å². The fourth-order valence-corrected chi connectivity index (χ4v) is 4.67. The van der Waals surface area contributed by atoms with Crippen molar-refractivity contribution in [1.29, 1.82) is 0 Å². The molecular weight excluding hydrogens is 470 g/mol. The minimum absolute atomic E-state index is 1.09. The van der Waals surface area contributed by atoms with E-state index in [0.29, 0.717) is 0 Å². The summed E-state index contributed by atoms with van der Waals surface area (Å²) >= 11 is 4.95. The van der Waals surface area contributed by atoms with Crippen LogP contribution in [0.3, 0.4) is 0 Å². The zero-order valence-electron chi connectivity index (χ0n) is 11.0. The van der Waals surface area contributed by atoms with Gasteiger partial charge in [-0.05, 0) is 104 Å². The second kappa shape index (κ2) is 5.13. The van der Waals surface area contributed by atoms with Crippen LogP contribution in [-0.4, -0.2) is 0 Å². The highest BCUT2D eigenvalue weighted by Gasteiger charge is 2.18. The van der Waals surface area contributed by atoms with E-state index in [1.54, 1.807) is 16.7 Å². The van der Waals surface area contributed by atoms with E-state index in [9.17, 15) is 0 Å². The van der Waals surface area contributed by atoms with Gasteiger partial charge in [0.1, 0.15) is 0 Å². The minimum atomic E-state index is 1.09. The zero-order valence-corrected chi connectivity index (χ0v) is 15.4. The molecule has 2 heteroatoms. The summed E-state index contributed by atoms with van der Waals surface area (Å²) in [5.41, 5.74) is 6.16. The van der Waals surface area contributed by atoms with E-state index in [0.717, 1.165) is 12.8 Å². The Morgan fingerprint density at radius 3 is 2.55 bits per heavy atom. The lowest BCUT2D eigenvalue weighted by atomic mass is 9.83. The van der Waals surface area contributed by atoms with Crippen molar-refractivity contribution in [3.8, 4) is 0 Å². The zero-order chi connectivity index (χ0) is 13.7. The molecule has 0 unspecified atom stereocenters. The third-order valence-corrected chi connectivity index (χ3v) is 7.59. The molecule has 1 aromatic carbocycles. The third kappa shape index (κ3) is 1.98. The van der Waals surface area contributed by atoms with Crippen molar-refractivity contribution >= 4 is 54.3 Å². The van der Waals surface area contributed by atoms with Crippen molar-refractivity contribution in [3.05, 3.63) is 67.2 Å². The lowest BCUT2D eigenvalue weighted by molar-refractivity contribution is 1.000. The number of fused-ring (bicyclic) bond motifs is 4. The summed E-state index contributed by atoms with van der Waals surface area (Å²) in [5, 5.41) is 2.97. The maximum absolute atomic E-state index is 2.49. The van der Waals surface area contributed by atoms with Crippen molar-refractivity contribution < 1.29 is 0 Å². The van der Waals surface area contributed by atoms with Gasteiger partial charge in [0, 0.05) is 7.16 Å². The van der Waals surface area contributed by atoms with Crippen LogP contribution in [0.2, 0.25) is 0 Å². The Balaban J connectivity index is 2.06. The molecule has 0 spiro atoms. The molecule has 0 saturated heterocycles. The number of benzene rings is 1. The van der Waals surface area contributed by atoms with Gasteiger partial charge >= 0.3 is 0 Å². The van der Waals surface area contributed by atoms with Gasteiger partial charge in [0.2, 0.25) is 0 Å². The second-order valence-electron chi connectivity index (χ2n) is 5.47. The van der Waals surface area contributed by atoms with Crippen molar-refractivity contribution in [3.63, 3.8) is 0 Å². The molecule has 0 bridgehead atoms. The van der Waals surface area contributed by atoms with E-state index in [2.05, 4.69) is 81.6 Å². The lowest BCUT2D eigenvalue weighted by Gasteiger charge is -2.22. The van der Waals surface area contributed by atoms with Gasteiger partial charge < -0.3 is 0 Å². The normalized spacial score (nSPS) is 19.9. The van der Waals surface area contributed by atoms with Crippen molar-refractivity contribution in [1.82, 2.24) is 0 Å². The van der Waals surface area contributed by atoms with Gasteiger partial charge in [-0.1, -0.05) is 36.4 Å². The molecule has 0 aromatic heterocycles. The van der Waals surface area contributed by atoms with Crippen LogP contribution in [0, 0.1) is 0 Å². The van der Waals surface area contributed by atoms with E-state index < -0.39 is 0 Å². The average molecular weight is 484 g/mol. The van der Waals surface area contributed by atoms with Crippen LogP contribution in [0.15, 0.2) is 45.6 Å². The van der Waals surface area contributed by atoms with Crippen molar-refractivity contribution in [2.45, 2.75) is 25.7 Å². The van der Waals surface area contributed by atoms with Gasteiger partial charge in [0.15, 0.2) is 0 Å². The van der Waals surface area contributed by atoms with Crippen LogP contribution >= 0.6 is 45.2 Å². The fraction of sp³-hybridized carbons (Fsp3) is 0.222. The summed E-state index contributed by atoms with van der Waals surface area (Å²) in [7, 11) is 0. The molecule has 0 aliphatic heterocycles. The molecule has 0 saturated carbocycles. The largest absolute Gasteiger partial charge is 0.0836 e. The predicted octanol–water partition coefficient (Wildman–Crippen LogP) is 4.09. The molecule has 4 rings (SSSR count). The van der Waals surface area contributed by atoms with Gasteiger partial charge in [0.05, 0.1) is 0 Å². The third-order valence-electron chi connectivity index (χ3n) is 4.42. The highest BCUT2D eigenvalue weighted by Crippen LogP contribution is 2.31. The molecule has 0 amide bonds. The van der Waals surface area contributed by atoms with Gasteiger partial charge in [-0.2, -0.15) is 0 Å². The maximum atomic E-state index is 2.49. The van der Waals surface area contributed by atoms with Crippen molar-refractivity contribution in [2.75, 3.05) is 0 Å². The molecule has 0 fully saturated rings. The molecule has 0 radical (unpaired) electrons. The molecule has 3 aliphatic rings. The van der Waals surface area contributed by atoms with Crippen LogP contribution in [0.5, 0.6) is 0 Å². The fourth-order valence-electron chi connectivity index (χ4n) is 3.43. The Morgan fingerprint density at radius 2 is 1.65 bits per heavy atom. The average Bonchev–Trinajstić information content (AvgIpc) is 2.50. The van der Waals surface area contributed by atoms with Crippen LogP contribution in [0.1, 0.15) is 24.0 Å². The predicted molar refractivity (Wildman–Crippen MR) is 102 cm³/mol. The van der Waals surface area contributed by atoms with Crippen LogP contribution in [-0.2, 0) is 12.8 Å². The Kier molecular flexibility index (Phi) is 3.41. The summed E-state index contributed by atoms with van der Waals surface area (Å²) in [6.07, 6.45) is 14.0. The molecule has 0 atom stereocenters. The molecule has 0 heterocycles. The monoisotopic (exact) mass is 484 g/mol. The summed E-state index contributed by atoms with van der Waals surface area (Å²) in [6, 6.07) is 4.71. The Labute approximate surface area is 146 Å². The number of hydrogen-bond donors (Lipinski definition) is 0. The molecule has 0 N–H and O–H groups in total. The summed E-state index contributed by atoms with van der Waals surface area (Å²) in [6.45, 7) is 0. The first kappa shape index (κ1) is 13.3. The van der Waals surface area contributed by atoms with Gasteiger partial charge in [-0.3, -0.25) is 0 Å². The summed E-state index contributed by atoms with van der Waals surface area (Å²) < 4.78 is 2.81. The maximum Gasteiger partial charge on any atom is 0.0336 e. The first-order chi connectivity index (χ1) is 9.75. The Bertz CT molecular complexity index is 820. The number of halogens is 2. The minimum Gasteiger partial charge on any atom is -0.0836 e. The number of hydrogen-bond acceptors (Lipinski definition) is 0. The van der Waals surface area contributed by atoms with E-state index in [-0.39, 0.29) is 0 Å². The number of allylic oxidation sites excluding steroid dienone is 6. The smallest absolute Gasteiger partial charge is 0.0336 e. The Morgan fingerprint density at radius 1 is 0.900 bits per heavy atom. The van der Waals surface area contributed by atoms with E-state index in [1.165, 1.54) is 36.0 Å². The molecule has 0 nitrogen and oxygen atoms in total. The number of rotatable bonds is 0. The molecule has 20 heavy (non-hydrogen) atoms. The van der Waals surface area contributed by atoms with E-state index >= 15 is 0 Å². The van der Waals surface area contributed by atoms with Crippen LogP contribution in [0.4, 0.5) is 0 Å². The molecular formula is C18H14I2. The lowest BCUT2D eigenvalue weighted by Crippen LogP contribution is -2.28. The molecule has 3 aliphatic carbocycles. The first-order valence-electron chi connectivity index (χ1n) is 7.02. The Hall–Kier alpha value is -0.360.